The van der Waals surface area contributed by atoms with E-state index in [0.717, 1.165) is 28.6 Å². The van der Waals surface area contributed by atoms with E-state index in [0.29, 0.717) is 17.2 Å². The minimum Gasteiger partial charge on any atom is -0.478 e. The minimum absolute atomic E-state index is 0.124. The molecule has 0 unspecified atom stereocenters. The average Bonchev–Trinajstić information content (AvgIpc) is 2.82. The van der Waals surface area contributed by atoms with E-state index < -0.39 is 5.97 Å². The normalized spacial score (nSPS) is 10.4. The van der Waals surface area contributed by atoms with Gasteiger partial charge < -0.3 is 15.4 Å². The third-order valence-electron chi connectivity index (χ3n) is 2.09. The number of aromatic carboxylic acids is 1. The number of nitrogens with zero attached hydrogens (tertiary/aromatic N) is 1. The van der Waals surface area contributed by atoms with E-state index in [9.17, 15) is 9.59 Å². The molecule has 0 fully saturated rings. The third kappa shape index (κ3) is 2.53. The molecule has 90 valence electrons. The molecule has 6 nitrogen and oxygen atoms in total. The first-order valence-corrected chi connectivity index (χ1v) is 6.33. The highest BCUT2D eigenvalue weighted by Crippen LogP contribution is 2.24. The number of aromatic nitrogens is 2. The highest BCUT2D eigenvalue weighted by molar-refractivity contribution is 7.10. The molecule has 2 heterocycles. The Kier molecular flexibility index (Phi) is 3.25. The van der Waals surface area contributed by atoms with Crippen molar-refractivity contribution in [1.82, 2.24) is 9.36 Å². The van der Waals surface area contributed by atoms with Crippen molar-refractivity contribution in [3.8, 4) is 0 Å². The number of aromatic amines is 1. The second kappa shape index (κ2) is 4.68. The summed E-state index contributed by atoms with van der Waals surface area (Å²) in [6.07, 6.45) is 0. The zero-order chi connectivity index (χ0) is 12.4. The predicted octanol–water partition coefficient (Wildman–Crippen LogP) is 1.51. The van der Waals surface area contributed by atoms with Gasteiger partial charge in [-0.05, 0) is 18.5 Å². The summed E-state index contributed by atoms with van der Waals surface area (Å²) in [6, 6.07) is 0. The van der Waals surface area contributed by atoms with Crippen LogP contribution in [0.25, 0.3) is 0 Å². The van der Waals surface area contributed by atoms with Gasteiger partial charge in [0.2, 0.25) is 0 Å². The fourth-order valence-corrected chi connectivity index (χ4v) is 2.68. The molecular weight excluding hydrogens is 262 g/mol. The Morgan fingerprint density at radius 1 is 1.65 bits per heavy atom. The molecule has 0 saturated heterocycles. The molecule has 2 aromatic heterocycles. The summed E-state index contributed by atoms with van der Waals surface area (Å²) in [5, 5.41) is 14.2. The minimum atomic E-state index is -1.00. The van der Waals surface area contributed by atoms with Crippen molar-refractivity contribution in [2.75, 3.05) is 5.32 Å². The number of hydrogen-bond acceptors (Lipinski definition) is 6. The second-order valence-corrected chi connectivity index (χ2v) is 4.92. The van der Waals surface area contributed by atoms with Crippen LogP contribution in [-0.2, 0) is 6.54 Å². The van der Waals surface area contributed by atoms with Crippen LogP contribution in [0.1, 0.15) is 21.7 Å². The quantitative estimate of drug-likeness (QED) is 0.783. The molecule has 0 saturated carbocycles. The molecule has 2 rings (SSSR count). The topological polar surface area (TPSA) is 95.1 Å². The maximum Gasteiger partial charge on any atom is 0.340 e. The van der Waals surface area contributed by atoms with E-state index >= 15 is 0 Å². The van der Waals surface area contributed by atoms with Gasteiger partial charge in [-0.1, -0.05) is 11.3 Å². The number of hydrogen-bond donors (Lipinski definition) is 3. The molecule has 0 bridgehead atoms. The summed E-state index contributed by atoms with van der Waals surface area (Å²) in [5.74, 6) is -1.00. The standard InChI is InChI=1S/C9H9N3O3S2/c1-4-6(8(13)14)7(17-12-4)10-2-5-3-16-9(15)11-5/h3,10H,2H2,1H3,(H,11,15)(H,13,14). The lowest BCUT2D eigenvalue weighted by Gasteiger charge is -2.02. The van der Waals surface area contributed by atoms with E-state index in [1.54, 1.807) is 12.3 Å². The van der Waals surface area contributed by atoms with E-state index in [1.807, 2.05) is 0 Å². The molecule has 0 aliphatic heterocycles. The summed E-state index contributed by atoms with van der Waals surface area (Å²) in [5.41, 5.74) is 1.40. The van der Waals surface area contributed by atoms with Crippen LogP contribution >= 0.6 is 22.9 Å². The molecule has 0 atom stereocenters. The molecule has 2 aromatic rings. The zero-order valence-electron chi connectivity index (χ0n) is 8.81. The third-order valence-corrected chi connectivity index (χ3v) is 3.70. The summed E-state index contributed by atoms with van der Waals surface area (Å²) < 4.78 is 3.98. The highest BCUT2D eigenvalue weighted by Gasteiger charge is 2.17. The molecule has 0 aliphatic carbocycles. The van der Waals surface area contributed by atoms with Gasteiger partial charge in [-0.25, -0.2) is 4.79 Å². The molecule has 8 heteroatoms. The van der Waals surface area contributed by atoms with Gasteiger partial charge in [0.15, 0.2) is 0 Å². The fraction of sp³-hybridized carbons (Fsp3) is 0.222. The van der Waals surface area contributed by atoms with Crippen LogP contribution in [0.3, 0.4) is 0 Å². The summed E-state index contributed by atoms with van der Waals surface area (Å²) >= 11 is 2.18. The van der Waals surface area contributed by atoms with E-state index in [-0.39, 0.29) is 10.4 Å². The number of rotatable bonds is 4. The number of nitrogens with one attached hydrogen (secondary N) is 2. The Labute approximate surface area is 104 Å². The molecule has 0 aromatic carbocycles. The van der Waals surface area contributed by atoms with Crippen LogP contribution in [0.15, 0.2) is 10.2 Å². The number of carboxylic acids is 1. The van der Waals surface area contributed by atoms with Crippen molar-refractivity contribution in [3.63, 3.8) is 0 Å². The monoisotopic (exact) mass is 271 g/mol. The van der Waals surface area contributed by atoms with E-state index in [4.69, 9.17) is 5.11 Å². The zero-order valence-corrected chi connectivity index (χ0v) is 10.4. The largest absolute Gasteiger partial charge is 0.478 e. The van der Waals surface area contributed by atoms with Crippen LogP contribution in [-0.4, -0.2) is 20.4 Å². The van der Waals surface area contributed by atoms with Gasteiger partial charge in [0.25, 0.3) is 0 Å². The number of aryl methyl sites for hydroxylation is 1. The lowest BCUT2D eigenvalue weighted by Crippen LogP contribution is -2.06. The van der Waals surface area contributed by atoms with Crippen molar-refractivity contribution >= 4 is 33.8 Å². The van der Waals surface area contributed by atoms with E-state index in [2.05, 4.69) is 14.7 Å². The Morgan fingerprint density at radius 3 is 3.00 bits per heavy atom. The van der Waals surface area contributed by atoms with Crippen LogP contribution in [0.4, 0.5) is 5.00 Å². The summed E-state index contributed by atoms with van der Waals surface area (Å²) in [4.78, 5) is 24.4. The first kappa shape index (κ1) is 11.8. The average molecular weight is 271 g/mol. The maximum atomic E-state index is 11.0. The van der Waals surface area contributed by atoms with Crippen molar-refractivity contribution in [2.45, 2.75) is 13.5 Å². The summed E-state index contributed by atoms with van der Waals surface area (Å²) in [7, 11) is 0. The van der Waals surface area contributed by atoms with Crippen molar-refractivity contribution in [3.05, 3.63) is 32.0 Å². The lowest BCUT2D eigenvalue weighted by molar-refractivity contribution is 0.0697. The SMILES string of the molecule is Cc1nsc(NCc2csc(=O)[nH]2)c1C(=O)O. The highest BCUT2D eigenvalue weighted by atomic mass is 32.1. The van der Waals surface area contributed by atoms with Gasteiger partial charge in [-0.2, -0.15) is 4.37 Å². The molecule has 3 N–H and O–H groups in total. The number of carbonyl (C=O) groups is 1. The molecule has 0 aliphatic rings. The van der Waals surface area contributed by atoms with Crippen LogP contribution in [0.2, 0.25) is 0 Å². The van der Waals surface area contributed by atoms with Crippen LogP contribution in [0, 0.1) is 6.92 Å². The van der Waals surface area contributed by atoms with Gasteiger partial charge in [0.05, 0.1) is 12.2 Å². The number of carboxylic acid groups (broad SMARTS) is 1. The Balaban J connectivity index is 2.14. The summed E-state index contributed by atoms with van der Waals surface area (Å²) in [6.45, 7) is 2.03. The Morgan fingerprint density at radius 2 is 2.41 bits per heavy atom. The predicted molar refractivity (Wildman–Crippen MR) is 66.1 cm³/mol. The van der Waals surface area contributed by atoms with E-state index in [1.165, 1.54) is 0 Å². The van der Waals surface area contributed by atoms with Gasteiger partial charge in [0, 0.05) is 11.1 Å². The number of thiazole rings is 1. The Bertz CT molecular complexity index is 599. The van der Waals surface area contributed by atoms with Crippen LogP contribution in [0.5, 0.6) is 0 Å². The van der Waals surface area contributed by atoms with Crippen LogP contribution < -0.4 is 10.2 Å². The molecule has 0 spiro atoms. The van der Waals surface area contributed by atoms with Gasteiger partial charge in [-0.3, -0.25) is 4.79 Å². The van der Waals surface area contributed by atoms with Crippen molar-refractivity contribution in [2.24, 2.45) is 0 Å². The maximum absolute atomic E-state index is 11.0. The van der Waals surface area contributed by atoms with Gasteiger partial charge in [0.1, 0.15) is 10.6 Å². The van der Waals surface area contributed by atoms with Gasteiger partial charge >= 0.3 is 10.8 Å². The van der Waals surface area contributed by atoms with Crippen molar-refractivity contribution in [1.29, 1.82) is 0 Å². The smallest absolute Gasteiger partial charge is 0.340 e. The van der Waals surface area contributed by atoms with Crippen molar-refractivity contribution < 1.29 is 9.90 Å². The molecule has 17 heavy (non-hydrogen) atoms. The Hall–Kier alpha value is -1.67. The first-order chi connectivity index (χ1) is 8.08. The first-order valence-electron chi connectivity index (χ1n) is 4.68. The number of H-pyrrole nitrogens is 1. The van der Waals surface area contributed by atoms with Gasteiger partial charge in [-0.15, -0.1) is 0 Å². The second-order valence-electron chi connectivity index (χ2n) is 3.30. The molecular formula is C9H9N3O3S2. The lowest BCUT2D eigenvalue weighted by atomic mass is 10.2. The fourth-order valence-electron chi connectivity index (χ4n) is 1.32. The molecule has 0 radical (unpaired) electrons. The molecule has 0 amide bonds. The number of anilines is 1.